The second-order valence-electron chi connectivity index (χ2n) is 8.27. The predicted octanol–water partition coefficient (Wildman–Crippen LogP) is 4.20. The third-order valence-electron chi connectivity index (χ3n) is 5.62. The second-order valence-corrected chi connectivity index (χ2v) is 8.27. The molecule has 2 aromatic carbocycles. The number of β-lactam (4-membered cyclic amide) rings is 1. The molecule has 3 nitrogen and oxygen atoms in total. The van der Waals surface area contributed by atoms with Crippen LogP contribution in [0.5, 0.6) is 0 Å². The van der Waals surface area contributed by atoms with Crippen LogP contribution in [-0.2, 0) is 16.0 Å². The average Bonchev–Trinajstić information content (AvgIpc) is 3.20. The van der Waals surface area contributed by atoms with Gasteiger partial charge in [-0.1, -0.05) is 48.5 Å². The summed E-state index contributed by atoms with van der Waals surface area (Å²) in [7, 11) is 0. The van der Waals surface area contributed by atoms with Crippen molar-refractivity contribution in [1.29, 1.82) is 0 Å². The molecule has 0 aliphatic carbocycles. The van der Waals surface area contributed by atoms with Crippen molar-refractivity contribution < 1.29 is 9.53 Å². The molecule has 2 heterocycles. The quantitative estimate of drug-likeness (QED) is 0.620. The third-order valence-corrected chi connectivity index (χ3v) is 5.62. The summed E-state index contributed by atoms with van der Waals surface area (Å²) in [5.74, 6) is 0.185. The Morgan fingerprint density at radius 3 is 2.20 bits per heavy atom. The molecule has 0 spiro atoms. The first-order chi connectivity index (χ1) is 11.8. The van der Waals surface area contributed by atoms with Crippen LogP contribution < -0.4 is 4.90 Å². The van der Waals surface area contributed by atoms with Crippen LogP contribution in [0.25, 0.3) is 0 Å². The van der Waals surface area contributed by atoms with Crippen LogP contribution in [0.2, 0.25) is 0 Å². The summed E-state index contributed by atoms with van der Waals surface area (Å²) in [4.78, 5) is 14.9. The fourth-order valence-electron chi connectivity index (χ4n) is 4.04. The van der Waals surface area contributed by atoms with Gasteiger partial charge in [-0.05, 0) is 51.3 Å². The minimum absolute atomic E-state index is 0.0897. The number of carbonyl (C=O) groups is 1. The molecule has 2 atom stereocenters. The van der Waals surface area contributed by atoms with Gasteiger partial charge in [-0.3, -0.25) is 4.79 Å². The van der Waals surface area contributed by atoms with Crippen molar-refractivity contribution in [3.63, 3.8) is 0 Å². The highest BCUT2D eigenvalue weighted by Gasteiger charge is 2.67. The van der Waals surface area contributed by atoms with Gasteiger partial charge in [0.2, 0.25) is 5.91 Å². The smallest absolute Gasteiger partial charge is 0.235 e. The topological polar surface area (TPSA) is 32.8 Å². The zero-order chi connectivity index (χ0) is 17.8. The van der Waals surface area contributed by atoms with Gasteiger partial charge in [-0.2, -0.15) is 0 Å². The first-order valence-electron chi connectivity index (χ1n) is 8.96. The van der Waals surface area contributed by atoms with Gasteiger partial charge in [-0.15, -0.1) is 0 Å². The highest BCUT2D eigenvalue weighted by Crippen LogP contribution is 2.53. The van der Waals surface area contributed by atoms with Crippen molar-refractivity contribution in [3.8, 4) is 0 Å². The highest BCUT2D eigenvalue weighted by molar-refractivity contribution is 6.06. The van der Waals surface area contributed by atoms with E-state index in [2.05, 4.69) is 50.2 Å². The van der Waals surface area contributed by atoms with E-state index in [4.69, 9.17) is 4.74 Å². The van der Waals surface area contributed by atoms with Crippen molar-refractivity contribution in [2.24, 2.45) is 5.41 Å². The first kappa shape index (κ1) is 16.3. The molecule has 0 unspecified atom stereocenters. The number of amides is 1. The second kappa shape index (κ2) is 5.43. The summed E-state index contributed by atoms with van der Waals surface area (Å²) in [6.07, 6.45) is 0.924. The van der Waals surface area contributed by atoms with E-state index in [1.165, 1.54) is 11.1 Å². The Bertz CT molecular complexity index is 810. The number of para-hydroxylation sites is 1. The SMILES string of the molecule is CC1(C)O[C@H]1[C@@H]1N(c2ccccc2Cc2ccccc2)C(=O)C1(C)C. The zero-order valence-corrected chi connectivity index (χ0v) is 15.3. The largest absolute Gasteiger partial charge is 0.364 e. The molecule has 0 N–H and O–H groups in total. The molecule has 2 fully saturated rings. The van der Waals surface area contributed by atoms with E-state index >= 15 is 0 Å². The minimum atomic E-state index is -0.377. The van der Waals surface area contributed by atoms with Gasteiger partial charge in [0.15, 0.2) is 0 Å². The summed E-state index contributed by atoms with van der Waals surface area (Å²) >= 11 is 0. The number of hydrogen-bond donors (Lipinski definition) is 0. The molecule has 2 aromatic rings. The van der Waals surface area contributed by atoms with Crippen LogP contribution in [-0.4, -0.2) is 23.7 Å². The molecule has 1 amide bonds. The summed E-state index contributed by atoms with van der Waals surface area (Å²) in [6.45, 7) is 8.28. The fourth-order valence-corrected chi connectivity index (χ4v) is 4.04. The number of hydrogen-bond acceptors (Lipinski definition) is 2. The standard InChI is InChI=1S/C22H25NO2/c1-21(2)18(19-22(3,4)25-19)23(20(21)24)17-13-9-8-12-16(17)14-15-10-6-5-7-11-15/h5-13,18-19H,14H2,1-4H3/t18-,19-/m0/s1. The number of benzene rings is 2. The van der Waals surface area contributed by atoms with Crippen molar-refractivity contribution in [1.82, 2.24) is 0 Å². The lowest BCUT2D eigenvalue weighted by Gasteiger charge is -2.53. The van der Waals surface area contributed by atoms with Crippen molar-refractivity contribution in [2.45, 2.75) is 51.9 Å². The summed E-state index contributed by atoms with van der Waals surface area (Å²) in [6, 6.07) is 18.7. The van der Waals surface area contributed by atoms with Gasteiger partial charge in [0.1, 0.15) is 6.10 Å². The maximum Gasteiger partial charge on any atom is 0.235 e. The molecule has 4 rings (SSSR count). The molecular weight excluding hydrogens is 310 g/mol. The minimum Gasteiger partial charge on any atom is -0.364 e. The summed E-state index contributed by atoms with van der Waals surface area (Å²) < 4.78 is 5.91. The Morgan fingerprint density at radius 1 is 0.960 bits per heavy atom. The highest BCUT2D eigenvalue weighted by atomic mass is 16.6. The molecule has 2 aliphatic heterocycles. The maximum atomic E-state index is 12.9. The van der Waals surface area contributed by atoms with Crippen LogP contribution in [0.15, 0.2) is 54.6 Å². The van der Waals surface area contributed by atoms with Crippen molar-refractivity contribution >= 4 is 11.6 Å². The monoisotopic (exact) mass is 335 g/mol. The lowest BCUT2D eigenvalue weighted by Crippen LogP contribution is -2.70. The lowest BCUT2D eigenvalue weighted by molar-refractivity contribution is -0.137. The number of rotatable bonds is 4. The molecule has 0 bridgehead atoms. The van der Waals surface area contributed by atoms with E-state index in [1.54, 1.807) is 0 Å². The van der Waals surface area contributed by atoms with Gasteiger partial charge in [-0.25, -0.2) is 0 Å². The van der Waals surface area contributed by atoms with Crippen LogP contribution >= 0.6 is 0 Å². The fraction of sp³-hybridized carbons (Fsp3) is 0.409. The molecule has 25 heavy (non-hydrogen) atoms. The van der Waals surface area contributed by atoms with Crippen molar-refractivity contribution in [3.05, 3.63) is 65.7 Å². The summed E-state index contributed by atoms with van der Waals surface area (Å²) in [5.41, 5.74) is 2.93. The van der Waals surface area contributed by atoms with Gasteiger partial charge < -0.3 is 9.64 Å². The van der Waals surface area contributed by atoms with Gasteiger partial charge >= 0.3 is 0 Å². The molecule has 0 aromatic heterocycles. The molecule has 130 valence electrons. The summed E-state index contributed by atoms with van der Waals surface area (Å²) in [5, 5.41) is 0. The number of anilines is 1. The third kappa shape index (κ3) is 2.58. The van der Waals surface area contributed by atoms with E-state index < -0.39 is 0 Å². The molecule has 0 radical (unpaired) electrons. The normalized spacial score (nSPS) is 26.2. The number of epoxide rings is 1. The van der Waals surface area contributed by atoms with E-state index in [0.29, 0.717) is 0 Å². The van der Waals surface area contributed by atoms with Gasteiger partial charge in [0.05, 0.1) is 17.1 Å². The van der Waals surface area contributed by atoms with E-state index in [0.717, 1.165) is 12.1 Å². The Balaban J connectivity index is 1.69. The Kier molecular flexibility index (Phi) is 3.55. The lowest BCUT2D eigenvalue weighted by atomic mass is 9.70. The number of nitrogens with zero attached hydrogens (tertiary/aromatic N) is 1. The Labute approximate surface area is 149 Å². The van der Waals surface area contributed by atoms with Crippen LogP contribution in [0.4, 0.5) is 5.69 Å². The first-order valence-corrected chi connectivity index (χ1v) is 8.96. The molecule has 3 heteroatoms. The number of carbonyl (C=O) groups excluding carboxylic acids is 1. The van der Waals surface area contributed by atoms with Crippen LogP contribution in [0, 0.1) is 5.41 Å². The zero-order valence-electron chi connectivity index (χ0n) is 15.3. The molecule has 2 aliphatic rings. The van der Waals surface area contributed by atoms with E-state index in [1.807, 2.05) is 36.9 Å². The molecular formula is C22H25NO2. The van der Waals surface area contributed by atoms with Gasteiger partial charge in [0, 0.05) is 5.69 Å². The van der Waals surface area contributed by atoms with Crippen molar-refractivity contribution in [2.75, 3.05) is 4.90 Å². The van der Waals surface area contributed by atoms with E-state index in [-0.39, 0.29) is 29.1 Å². The van der Waals surface area contributed by atoms with Crippen LogP contribution in [0.1, 0.15) is 38.8 Å². The van der Waals surface area contributed by atoms with Gasteiger partial charge in [0.25, 0.3) is 0 Å². The predicted molar refractivity (Wildman–Crippen MR) is 99.7 cm³/mol. The Hall–Kier alpha value is -2.13. The average molecular weight is 335 g/mol. The van der Waals surface area contributed by atoms with E-state index in [9.17, 15) is 4.79 Å². The van der Waals surface area contributed by atoms with Crippen LogP contribution in [0.3, 0.4) is 0 Å². The maximum absolute atomic E-state index is 12.9. The Morgan fingerprint density at radius 2 is 1.56 bits per heavy atom. The molecule has 2 saturated heterocycles. The molecule has 0 saturated carbocycles. The number of ether oxygens (including phenoxy) is 1.